The molecular weight excluding hydrogens is 913 g/mol. The summed E-state index contributed by atoms with van der Waals surface area (Å²) in [4.78, 5) is 57.3. The molecule has 0 aromatic rings. The van der Waals surface area contributed by atoms with Crippen molar-refractivity contribution in [3.05, 3.63) is 0 Å². The Labute approximate surface area is 450 Å². The molecule has 428 valence electrons. The molecule has 2 fully saturated rings. The second-order valence-electron chi connectivity index (χ2n) is 23.5. The highest BCUT2D eigenvalue weighted by Gasteiger charge is 2.39. The summed E-state index contributed by atoms with van der Waals surface area (Å²) >= 11 is 0. The molecular formula is C63H118N2O8. The van der Waals surface area contributed by atoms with Crippen molar-refractivity contribution in [1.82, 2.24) is 9.80 Å². The van der Waals surface area contributed by atoms with Crippen molar-refractivity contribution in [2.24, 2.45) is 11.3 Å². The van der Waals surface area contributed by atoms with Crippen LogP contribution in [0, 0.1) is 11.3 Å². The average molecular weight is 1030 g/mol. The molecule has 73 heavy (non-hydrogen) atoms. The number of carbonyl (C=O) groups excluding carboxylic acids is 4. The van der Waals surface area contributed by atoms with E-state index in [2.05, 4.69) is 37.5 Å². The van der Waals surface area contributed by atoms with E-state index in [4.69, 9.17) is 18.9 Å². The number of nitrogens with zero attached hydrogens (tertiary/aromatic N) is 2. The van der Waals surface area contributed by atoms with Gasteiger partial charge in [-0.3, -0.25) is 24.1 Å². The Hall–Kier alpha value is -2.20. The van der Waals surface area contributed by atoms with Gasteiger partial charge < -0.3 is 23.8 Å². The lowest BCUT2D eigenvalue weighted by Gasteiger charge is -2.24. The molecule has 2 aliphatic rings. The number of likely N-dealkylation sites (tertiary alicyclic amines) is 2. The number of hydrogen-bond acceptors (Lipinski definition) is 10. The highest BCUT2D eigenvalue weighted by Crippen LogP contribution is 2.29. The fourth-order valence-electron chi connectivity index (χ4n) is 11.1. The van der Waals surface area contributed by atoms with Crippen molar-refractivity contribution in [3.63, 3.8) is 0 Å². The second-order valence-corrected chi connectivity index (χ2v) is 23.5. The van der Waals surface area contributed by atoms with Crippen molar-refractivity contribution in [2.45, 2.75) is 323 Å². The van der Waals surface area contributed by atoms with Crippen LogP contribution in [0.4, 0.5) is 0 Å². The van der Waals surface area contributed by atoms with Gasteiger partial charge in [-0.05, 0) is 116 Å². The van der Waals surface area contributed by atoms with Crippen molar-refractivity contribution >= 4 is 23.9 Å². The first-order chi connectivity index (χ1) is 35.5. The molecule has 0 N–H and O–H groups in total. The first-order valence-corrected chi connectivity index (χ1v) is 31.7. The monoisotopic (exact) mass is 1030 g/mol. The minimum absolute atomic E-state index is 0.0422. The third-order valence-electron chi connectivity index (χ3n) is 16.1. The van der Waals surface area contributed by atoms with Crippen LogP contribution in [-0.4, -0.2) is 97.9 Å². The van der Waals surface area contributed by atoms with Gasteiger partial charge in [0.2, 0.25) is 0 Å². The van der Waals surface area contributed by atoms with Crippen LogP contribution < -0.4 is 0 Å². The predicted octanol–water partition coefficient (Wildman–Crippen LogP) is 16.6. The Bertz CT molecular complexity index is 1320. The molecule has 2 heterocycles. The van der Waals surface area contributed by atoms with E-state index in [1.54, 1.807) is 0 Å². The van der Waals surface area contributed by atoms with Crippen molar-refractivity contribution in [3.8, 4) is 0 Å². The maximum absolute atomic E-state index is 13.6. The van der Waals surface area contributed by atoms with Crippen LogP contribution in [0.3, 0.4) is 0 Å². The van der Waals surface area contributed by atoms with Gasteiger partial charge in [-0.25, -0.2) is 0 Å². The Balaban J connectivity index is 1.77. The van der Waals surface area contributed by atoms with E-state index >= 15 is 0 Å². The quantitative estimate of drug-likeness (QED) is 0.0332. The van der Waals surface area contributed by atoms with Crippen LogP contribution in [0.25, 0.3) is 0 Å². The zero-order valence-electron chi connectivity index (χ0n) is 48.9. The number of hydrogen-bond donors (Lipinski definition) is 0. The Morgan fingerprint density at radius 3 is 1.64 bits per heavy atom. The zero-order valence-corrected chi connectivity index (χ0v) is 48.9. The summed E-state index contributed by atoms with van der Waals surface area (Å²) in [7, 11) is 0. The Morgan fingerprint density at radius 1 is 0.507 bits per heavy atom. The highest BCUT2D eigenvalue weighted by atomic mass is 16.6. The van der Waals surface area contributed by atoms with Crippen molar-refractivity contribution in [2.75, 3.05) is 45.9 Å². The molecule has 0 aliphatic carbocycles. The van der Waals surface area contributed by atoms with E-state index in [0.29, 0.717) is 39.0 Å². The lowest BCUT2D eigenvalue weighted by molar-refractivity contribution is -0.154. The molecule has 10 heteroatoms. The first kappa shape index (κ1) is 66.9. The van der Waals surface area contributed by atoms with E-state index in [1.807, 2.05) is 13.8 Å². The molecule has 0 radical (unpaired) electrons. The molecule has 0 unspecified atom stereocenters. The van der Waals surface area contributed by atoms with E-state index in [-0.39, 0.29) is 36.1 Å². The highest BCUT2D eigenvalue weighted by molar-refractivity contribution is 5.77. The normalized spacial score (nSPS) is 16.8. The standard InChI is InChI=1S/C63H118N2O8/c1-7-11-15-17-20-30-42-56(43-31-21-18-16-12-8-2)72-59(66)44-32-22-19-27-37-51-70-61(68)58-53-57(73-60(67)45-50-64-47-34-25-26-35-48-64)54-65(58)49-36-24-23-33-46-63(5,6)62(69)71-52-38-41-55(39-28-13-9-3)40-29-14-10-4/h55-58H,7-54H2,1-6H3/t57-,58-/m0/s1. The molecule has 0 saturated carbocycles. The van der Waals surface area contributed by atoms with Crippen LogP contribution in [0.15, 0.2) is 0 Å². The minimum Gasteiger partial charge on any atom is -0.465 e. The zero-order chi connectivity index (χ0) is 53.0. The molecule has 2 aliphatic heterocycles. The van der Waals surface area contributed by atoms with Crippen LogP contribution in [0.2, 0.25) is 0 Å². The molecule has 0 bridgehead atoms. The molecule has 2 atom stereocenters. The molecule has 0 aromatic carbocycles. The lowest BCUT2D eigenvalue weighted by Crippen LogP contribution is -2.38. The number of carbonyl (C=O) groups is 4. The molecule has 0 amide bonds. The maximum Gasteiger partial charge on any atom is 0.323 e. The van der Waals surface area contributed by atoms with Gasteiger partial charge in [0.25, 0.3) is 0 Å². The fraction of sp³-hybridized carbons (Fsp3) is 0.937. The Kier molecular flexibility index (Phi) is 41.1. The summed E-state index contributed by atoms with van der Waals surface area (Å²) < 4.78 is 23.8. The number of ether oxygens (including phenoxy) is 4. The average Bonchev–Trinajstić information content (AvgIpc) is 3.58. The van der Waals surface area contributed by atoms with Gasteiger partial charge in [-0.2, -0.15) is 0 Å². The van der Waals surface area contributed by atoms with Crippen LogP contribution >= 0.6 is 0 Å². The van der Waals surface area contributed by atoms with Gasteiger partial charge in [0.05, 0.1) is 25.0 Å². The summed E-state index contributed by atoms with van der Waals surface area (Å²) in [6.07, 6.45) is 44.7. The number of unbranched alkanes of at least 4 members (excludes halogenated alkanes) is 21. The van der Waals surface area contributed by atoms with Gasteiger partial charge in [-0.15, -0.1) is 0 Å². The number of esters is 4. The van der Waals surface area contributed by atoms with E-state index in [1.165, 1.54) is 141 Å². The molecule has 2 saturated heterocycles. The molecule has 0 aromatic heterocycles. The second kappa shape index (κ2) is 44.9. The summed E-state index contributed by atoms with van der Waals surface area (Å²) in [5.74, 6) is 0.239. The largest absolute Gasteiger partial charge is 0.465 e. The summed E-state index contributed by atoms with van der Waals surface area (Å²) in [5.41, 5.74) is -0.507. The molecule has 2 rings (SSSR count). The van der Waals surface area contributed by atoms with E-state index in [9.17, 15) is 19.2 Å². The summed E-state index contributed by atoms with van der Waals surface area (Å²) in [5, 5.41) is 0. The van der Waals surface area contributed by atoms with Gasteiger partial charge >= 0.3 is 23.9 Å². The van der Waals surface area contributed by atoms with Gasteiger partial charge in [0.1, 0.15) is 18.2 Å². The first-order valence-electron chi connectivity index (χ1n) is 31.7. The third kappa shape index (κ3) is 35.0. The van der Waals surface area contributed by atoms with Crippen LogP contribution in [-0.2, 0) is 38.1 Å². The number of rotatable bonds is 48. The van der Waals surface area contributed by atoms with Gasteiger partial charge in [0.15, 0.2) is 0 Å². The van der Waals surface area contributed by atoms with Crippen LogP contribution in [0.5, 0.6) is 0 Å². The fourth-order valence-corrected chi connectivity index (χ4v) is 11.1. The maximum atomic E-state index is 13.6. The van der Waals surface area contributed by atoms with Gasteiger partial charge in [0, 0.05) is 25.9 Å². The summed E-state index contributed by atoms with van der Waals surface area (Å²) in [6.45, 7) is 18.1. The lowest BCUT2D eigenvalue weighted by atomic mass is 9.87. The van der Waals surface area contributed by atoms with Crippen LogP contribution in [0.1, 0.15) is 305 Å². The third-order valence-corrected chi connectivity index (χ3v) is 16.1. The van der Waals surface area contributed by atoms with Crippen molar-refractivity contribution < 1.29 is 38.1 Å². The van der Waals surface area contributed by atoms with E-state index < -0.39 is 11.5 Å². The summed E-state index contributed by atoms with van der Waals surface area (Å²) in [6, 6.07) is -0.419. The SMILES string of the molecule is CCCCCCCCC(CCCCCCCC)OC(=O)CCCCCCCOC(=O)[C@@H]1C[C@H](OC(=O)CCN2CCCCCC2)CN1CCCCCCC(C)(C)C(=O)OCCCC(CCCCC)CCCCC. The topological polar surface area (TPSA) is 112 Å². The van der Waals surface area contributed by atoms with E-state index in [0.717, 1.165) is 135 Å². The minimum atomic E-state index is -0.507. The van der Waals surface area contributed by atoms with Gasteiger partial charge in [-0.1, -0.05) is 195 Å². The van der Waals surface area contributed by atoms with Crippen molar-refractivity contribution in [1.29, 1.82) is 0 Å². The smallest absolute Gasteiger partial charge is 0.323 e. The Morgan fingerprint density at radius 2 is 1.01 bits per heavy atom. The molecule has 10 nitrogen and oxygen atoms in total. The molecule has 0 spiro atoms. The predicted molar refractivity (Wildman–Crippen MR) is 303 cm³/mol.